The van der Waals surface area contributed by atoms with Crippen molar-refractivity contribution in [2.75, 3.05) is 6.54 Å². The number of rotatable bonds is 5. The first-order valence-electron chi connectivity index (χ1n) is 4.48. The van der Waals surface area contributed by atoms with Gasteiger partial charge in [-0.1, -0.05) is 5.16 Å². The van der Waals surface area contributed by atoms with Gasteiger partial charge in [-0.3, -0.25) is 0 Å². The lowest BCUT2D eigenvalue weighted by Gasteiger charge is -2.03. The van der Waals surface area contributed by atoms with Crippen LogP contribution in [-0.4, -0.2) is 26.0 Å². The maximum Gasteiger partial charge on any atom is 0.250 e. The van der Waals surface area contributed by atoms with Crippen LogP contribution in [0, 0.1) is 6.92 Å². The quantitative estimate of drug-likeness (QED) is 0.311. The van der Waals surface area contributed by atoms with Crippen molar-refractivity contribution < 1.29 is 13.6 Å². The highest BCUT2D eigenvalue weighted by molar-refractivity contribution is 7.91. The molecule has 0 unspecified atom stereocenters. The number of aryl methyl sites for hydroxylation is 1. The summed E-state index contributed by atoms with van der Waals surface area (Å²) in [6, 6.07) is 3.29. The summed E-state index contributed by atoms with van der Waals surface area (Å²) in [5.41, 5.74) is 5.21. The molecule has 6 nitrogen and oxygen atoms in total. The molecule has 0 aliphatic heterocycles. The van der Waals surface area contributed by atoms with Crippen LogP contribution in [0.25, 0.3) is 0 Å². The van der Waals surface area contributed by atoms with Crippen molar-refractivity contribution in [3.8, 4) is 0 Å². The van der Waals surface area contributed by atoms with E-state index in [2.05, 4.69) is 9.88 Å². The summed E-state index contributed by atoms with van der Waals surface area (Å²) in [4.78, 5) is 0.928. The highest BCUT2D eigenvalue weighted by Gasteiger charge is 2.15. The molecular formula is C8H13N3O3S2. The van der Waals surface area contributed by atoms with Gasteiger partial charge in [0.25, 0.3) is 0 Å². The van der Waals surface area contributed by atoms with Crippen LogP contribution in [0.1, 0.15) is 11.3 Å². The summed E-state index contributed by atoms with van der Waals surface area (Å²) < 4.78 is 26.0. The Balaban J connectivity index is 2.60. The number of amidine groups is 1. The van der Waals surface area contributed by atoms with Crippen LogP contribution in [0.15, 0.2) is 21.5 Å². The third-order valence-corrected chi connectivity index (χ3v) is 4.74. The van der Waals surface area contributed by atoms with Gasteiger partial charge in [0.15, 0.2) is 0 Å². The minimum atomic E-state index is -3.47. The molecule has 1 rings (SSSR count). The Kier molecular flexibility index (Phi) is 4.27. The molecule has 0 amide bonds. The van der Waals surface area contributed by atoms with Crippen molar-refractivity contribution >= 4 is 27.2 Å². The van der Waals surface area contributed by atoms with Crippen LogP contribution in [0.5, 0.6) is 0 Å². The van der Waals surface area contributed by atoms with Crippen LogP contribution < -0.4 is 10.5 Å². The lowest BCUT2D eigenvalue weighted by Crippen LogP contribution is -2.27. The SMILES string of the molecule is Cc1ccc(S(=O)(=O)NCCC(N)=NO)s1. The molecular weight excluding hydrogens is 250 g/mol. The zero-order valence-corrected chi connectivity index (χ0v) is 10.3. The van der Waals surface area contributed by atoms with E-state index in [1.165, 1.54) is 11.3 Å². The molecule has 0 aliphatic rings. The summed E-state index contributed by atoms with van der Waals surface area (Å²) in [5.74, 6) is -0.00920. The number of nitrogens with one attached hydrogen (secondary N) is 1. The van der Waals surface area contributed by atoms with Crippen molar-refractivity contribution in [3.63, 3.8) is 0 Å². The Bertz CT molecular complexity index is 478. The van der Waals surface area contributed by atoms with E-state index >= 15 is 0 Å². The predicted molar refractivity (Wildman–Crippen MR) is 62.3 cm³/mol. The number of sulfonamides is 1. The average molecular weight is 263 g/mol. The van der Waals surface area contributed by atoms with Crippen molar-refractivity contribution in [1.29, 1.82) is 0 Å². The smallest absolute Gasteiger partial charge is 0.250 e. The zero-order chi connectivity index (χ0) is 12.2. The molecule has 90 valence electrons. The monoisotopic (exact) mass is 263 g/mol. The van der Waals surface area contributed by atoms with Crippen LogP contribution in [0.2, 0.25) is 0 Å². The molecule has 0 fully saturated rings. The highest BCUT2D eigenvalue weighted by atomic mass is 32.2. The average Bonchev–Trinajstić information content (AvgIpc) is 2.65. The Morgan fingerprint density at radius 2 is 2.31 bits per heavy atom. The first-order valence-corrected chi connectivity index (χ1v) is 6.78. The fraction of sp³-hybridized carbons (Fsp3) is 0.375. The maximum absolute atomic E-state index is 11.7. The second-order valence-corrected chi connectivity index (χ2v) is 6.39. The normalized spacial score (nSPS) is 12.9. The molecule has 0 saturated carbocycles. The van der Waals surface area contributed by atoms with Crippen molar-refractivity contribution in [1.82, 2.24) is 4.72 Å². The standard InChI is InChI=1S/C8H13N3O3S2/c1-6-2-3-8(15-6)16(13,14)10-5-4-7(9)11-12/h2-3,10,12H,4-5H2,1H3,(H2,9,11). The molecule has 0 spiro atoms. The molecule has 0 radical (unpaired) electrons. The Labute approximate surface area is 97.8 Å². The van der Waals surface area contributed by atoms with E-state index in [-0.39, 0.29) is 23.0 Å². The van der Waals surface area contributed by atoms with Gasteiger partial charge in [0.05, 0.1) is 0 Å². The van der Waals surface area contributed by atoms with Gasteiger partial charge in [-0.2, -0.15) is 0 Å². The van der Waals surface area contributed by atoms with Crippen LogP contribution in [0.3, 0.4) is 0 Å². The zero-order valence-electron chi connectivity index (χ0n) is 8.67. The number of nitrogens with two attached hydrogens (primary N) is 1. The fourth-order valence-electron chi connectivity index (χ4n) is 0.991. The third-order valence-electron chi connectivity index (χ3n) is 1.78. The van der Waals surface area contributed by atoms with Gasteiger partial charge < -0.3 is 10.9 Å². The molecule has 1 aromatic rings. The minimum absolute atomic E-state index is 0.00920. The number of thiophene rings is 1. The van der Waals surface area contributed by atoms with E-state index in [1.807, 2.05) is 6.92 Å². The van der Waals surface area contributed by atoms with Gasteiger partial charge in [0, 0.05) is 17.8 Å². The van der Waals surface area contributed by atoms with E-state index in [0.29, 0.717) is 0 Å². The third kappa shape index (κ3) is 3.47. The fourth-order valence-corrected chi connectivity index (χ4v) is 3.35. The lowest BCUT2D eigenvalue weighted by molar-refractivity contribution is 0.317. The van der Waals surface area contributed by atoms with E-state index in [0.717, 1.165) is 4.88 Å². The second-order valence-electron chi connectivity index (χ2n) is 3.10. The lowest BCUT2D eigenvalue weighted by atomic mass is 10.4. The highest BCUT2D eigenvalue weighted by Crippen LogP contribution is 2.19. The van der Waals surface area contributed by atoms with E-state index < -0.39 is 10.0 Å². The van der Waals surface area contributed by atoms with Crippen LogP contribution in [-0.2, 0) is 10.0 Å². The Hall–Kier alpha value is -1.12. The van der Waals surface area contributed by atoms with Crippen molar-refractivity contribution in [2.24, 2.45) is 10.9 Å². The van der Waals surface area contributed by atoms with Gasteiger partial charge >= 0.3 is 0 Å². The second kappa shape index (κ2) is 5.28. The molecule has 0 aliphatic carbocycles. The van der Waals surface area contributed by atoms with Gasteiger partial charge in [-0.15, -0.1) is 11.3 Å². The van der Waals surface area contributed by atoms with Crippen LogP contribution in [0.4, 0.5) is 0 Å². The van der Waals surface area contributed by atoms with Gasteiger partial charge in [0.1, 0.15) is 10.0 Å². The first-order chi connectivity index (χ1) is 7.45. The van der Waals surface area contributed by atoms with E-state index in [9.17, 15) is 8.42 Å². The van der Waals surface area contributed by atoms with Crippen molar-refractivity contribution in [2.45, 2.75) is 17.6 Å². The molecule has 8 heteroatoms. The molecule has 0 atom stereocenters. The largest absolute Gasteiger partial charge is 0.409 e. The number of hydrogen-bond acceptors (Lipinski definition) is 5. The minimum Gasteiger partial charge on any atom is -0.409 e. The summed E-state index contributed by atoms with van der Waals surface area (Å²) in [7, 11) is -3.47. The summed E-state index contributed by atoms with van der Waals surface area (Å²) in [6.45, 7) is 1.94. The number of nitrogens with zero attached hydrogens (tertiary/aromatic N) is 1. The van der Waals surface area contributed by atoms with Crippen LogP contribution >= 0.6 is 11.3 Å². The van der Waals surface area contributed by atoms with E-state index in [4.69, 9.17) is 10.9 Å². The molecule has 1 heterocycles. The topological polar surface area (TPSA) is 105 Å². The molecule has 4 N–H and O–H groups in total. The Morgan fingerprint density at radius 3 is 2.81 bits per heavy atom. The summed E-state index contributed by atoms with van der Waals surface area (Å²) in [5, 5.41) is 11.0. The Morgan fingerprint density at radius 1 is 1.62 bits per heavy atom. The van der Waals surface area contributed by atoms with Crippen molar-refractivity contribution in [3.05, 3.63) is 17.0 Å². The number of hydrogen-bond donors (Lipinski definition) is 3. The molecule has 0 saturated heterocycles. The summed E-state index contributed by atoms with van der Waals surface area (Å²) in [6.07, 6.45) is 0.167. The van der Waals surface area contributed by atoms with Gasteiger partial charge in [0.2, 0.25) is 10.0 Å². The predicted octanol–water partition coefficient (Wildman–Crippen LogP) is 0.471. The molecule has 0 aromatic carbocycles. The molecule has 0 bridgehead atoms. The number of oxime groups is 1. The molecule has 16 heavy (non-hydrogen) atoms. The summed E-state index contributed by atoms with van der Waals surface area (Å²) >= 11 is 1.20. The maximum atomic E-state index is 11.7. The van der Waals surface area contributed by atoms with Gasteiger partial charge in [-0.05, 0) is 19.1 Å². The first kappa shape index (κ1) is 12.9. The molecule has 1 aromatic heterocycles. The van der Waals surface area contributed by atoms with E-state index in [1.54, 1.807) is 12.1 Å². The van der Waals surface area contributed by atoms with Gasteiger partial charge in [-0.25, -0.2) is 13.1 Å².